The number of nitrogens with zero attached hydrogens (tertiary/aromatic N) is 1. The summed E-state index contributed by atoms with van der Waals surface area (Å²) in [5.74, 6) is 0.897. The molecule has 28 heavy (non-hydrogen) atoms. The van der Waals surface area contributed by atoms with Crippen molar-refractivity contribution in [3.63, 3.8) is 0 Å². The van der Waals surface area contributed by atoms with Gasteiger partial charge in [-0.3, -0.25) is 4.90 Å². The lowest BCUT2D eigenvalue weighted by Crippen LogP contribution is -2.50. The highest BCUT2D eigenvalue weighted by atomic mass is 16.5. The molecule has 2 aromatic carbocycles. The van der Waals surface area contributed by atoms with Crippen molar-refractivity contribution in [2.45, 2.75) is 57.3 Å². The third-order valence-corrected chi connectivity index (χ3v) is 6.02. The number of ether oxygens (including phenoxy) is 1. The molecule has 0 aliphatic carbocycles. The van der Waals surface area contributed by atoms with Crippen LogP contribution in [-0.2, 0) is 6.54 Å². The van der Waals surface area contributed by atoms with Crippen LogP contribution in [0.1, 0.15) is 36.8 Å². The summed E-state index contributed by atoms with van der Waals surface area (Å²) in [4.78, 5) is 15.0. The third-order valence-electron chi connectivity index (χ3n) is 6.02. The molecule has 0 aromatic heterocycles. The standard InChI is InChI=1S/C23H29N3O2/c1-16-4-3-5-18(12-16)24-23(27)25-19-13-20-8-9-21(14-19)26(20)15-17-6-10-22(28-2)11-7-17/h3-7,10-12,19-21H,8-9,13-15H2,1-2H3,(H2,24,25,27)/t19?,20-,21+. The molecule has 3 atom stereocenters. The first kappa shape index (κ1) is 18.8. The van der Waals surface area contributed by atoms with E-state index in [1.54, 1.807) is 7.11 Å². The fraction of sp³-hybridized carbons (Fsp3) is 0.435. The van der Waals surface area contributed by atoms with Gasteiger partial charge in [-0.1, -0.05) is 24.3 Å². The van der Waals surface area contributed by atoms with E-state index in [-0.39, 0.29) is 12.1 Å². The molecule has 2 fully saturated rings. The Hall–Kier alpha value is -2.53. The minimum atomic E-state index is -0.0985. The third kappa shape index (κ3) is 4.30. The molecule has 2 aliphatic rings. The van der Waals surface area contributed by atoms with Crippen LogP contribution >= 0.6 is 0 Å². The molecule has 0 saturated carbocycles. The molecular formula is C23H29N3O2. The molecule has 2 saturated heterocycles. The minimum absolute atomic E-state index is 0.0985. The highest BCUT2D eigenvalue weighted by molar-refractivity contribution is 5.89. The molecule has 2 bridgehead atoms. The summed E-state index contributed by atoms with van der Waals surface area (Å²) in [5.41, 5.74) is 3.31. The van der Waals surface area contributed by atoms with E-state index in [1.807, 2.05) is 43.3 Å². The van der Waals surface area contributed by atoms with E-state index in [1.165, 1.54) is 18.4 Å². The summed E-state index contributed by atoms with van der Waals surface area (Å²) in [6.07, 6.45) is 4.48. The monoisotopic (exact) mass is 379 g/mol. The van der Waals surface area contributed by atoms with Crippen LogP contribution < -0.4 is 15.4 Å². The first-order chi connectivity index (χ1) is 13.6. The largest absolute Gasteiger partial charge is 0.497 e. The Bertz CT molecular complexity index is 807. The molecule has 2 aromatic rings. The van der Waals surface area contributed by atoms with Crippen LogP contribution in [-0.4, -0.2) is 36.2 Å². The smallest absolute Gasteiger partial charge is 0.319 e. The minimum Gasteiger partial charge on any atom is -0.497 e. The molecule has 0 spiro atoms. The molecular weight excluding hydrogens is 350 g/mol. The maximum atomic E-state index is 12.4. The van der Waals surface area contributed by atoms with Crippen molar-refractivity contribution < 1.29 is 9.53 Å². The highest BCUT2D eigenvalue weighted by Gasteiger charge is 2.40. The zero-order valence-corrected chi connectivity index (χ0v) is 16.7. The summed E-state index contributed by atoms with van der Waals surface area (Å²) in [6, 6.07) is 17.5. The van der Waals surface area contributed by atoms with Crippen LogP contribution in [0.3, 0.4) is 0 Å². The molecule has 148 valence electrons. The fourth-order valence-electron chi connectivity index (χ4n) is 4.67. The summed E-state index contributed by atoms with van der Waals surface area (Å²) in [7, 11) is 1.70. The number of hydrogen-bond donors (Lipinski definition) is 2. The van der Waals surface area contributed by atoms with E-state index < -0.39 is 0 Å². The Morgan fingerprint density at radius 1 is 1.11 bits per heavy atom. The molecule has 5 nitrogen and oxygen atoms in total. The number of nitrogens with one attached hydrogen (secondary N) is 2. The van der Waals surface area contributed by atoms with E-state index in [4.69, 9.17) is 4.74 Å². The molecule has 2 heterocycles. The number of aryl methyl sites for hydroxylation is 1. The number of anilines is 1. The van der Waals surface area contributed by atoms with Crippen LogP contribution in [0.2, 0.25) is 0 Å². The molecule has 2 N–H and O–H groups in total. The second kappa shape index (κ2) is 8.23. The van der Waals surface area contributed by atoms with Crippen molar-refractivity contribution in [1.82, 2.24) is 10.2 Å². The van der Waals surface area contributed by atoms with E-state index in [9.17, 15) is 4.79 Å². The van der Waals surface area contributed by atoms with Gasteiger partial charge in [0.1, 0.15) is 5.75 Å². The molecule has 0 radical (unpaired) electrons. The zero-order valence-electron chi connectivity index (χ0n) is 16.7. The topological polar surface area (TPSA) is 53.6 Å². The van der Waals surface area contributed by atoms with Gasteiger partial charge in [-0.05, 0) is 68.0 Å². The highest BCUT2D eigenvalue weighted by Crippen LogP contribution is 2.37. The number of methoxy groups -OCH3 is 1. The Balaban J connectivity index is 1.32. The quantitative estimate of drug-likeness (QED) is 0.813. The zero-order chi connectivity index (χ0) is 19.5. The summed E-state index contributed by atoms with van der Waals surface area (Å²) < 4.78 is 5.25. The van der Waals surface area contributed by atoms with Gasteiger partial charge in [-0.2, -0.15) is 0 Å². The first-order valence-corrected chi connectivity index (χ1v) is 10.1. The molecule has 2 aliphatic heterocycles. The Labute approximate surface area is 167 Å². The maximum absolute atomic E-state index is 12.4. The van der Waals surface area contributed by atoms with E-state index in [0.29, 0.717) is 12.1 Å². The predicted octanol–water partition coefficient (Wildman–Crippen LogP) is 4.32. The van der Waals surface area contributed by atoms with Crippen LogP contribution in [0.5, 0.6) is 5.75 Å². The van der Waals surface area contributed by atoms with Gasteiger partial charge in [-0.15, -0.1) is 0 Å². The maximum Gasteiger partial charge on any atom is 0.319 e. The molecule has 1 unspecified atom stereocenters. The van der Waals surface area contributed by atoms with Crippen molar-refractivity contribution in [1.29, 1.82) is 0 Å². The number of benzene rings is 2. The van der Waals surface area contributed by atoms with Gasteiger partial charge in [0, 0.05) is 30.4 Å². The first-order valence-electron chi connectivity index (χ1n) is 10.1. The van der Waals surface area contributed by atoms with Gasteiger partial charge in [0.05, 0.1) is 7.11 Å². The lowest BCUT2D eigenvalue weighted by Gasteiger charge is -2.39. The predicted molar refractivity (Wildman–Crippen MR) is 112 cm³/mol. The number of urea groups is 1. The SMILES string of the molecule is COc1ccc(CN2[C@@H]3CC[C@H]2CC(NC(=O)Nc2cccc(C)c2)C3)cc1. The lowest BCUT2D eigenvalue weighted by molar-refractivity contribution is 0.112. The van der Waals surface area contributed by atoms with Gasteiger partial charge < -0.3 is 15.4 Å². The van der Waals surface area contributed by atoms with Crippen molar-refractivity contribution in [3.05, 3.63) is 59.7 Å². The number of carbonyl (C=O) groups excluding carboxylic acids is 1. The molecule has 5 heteroatoms. The van der Waals surface area contributed by atoms with Gasteiger partial charge >= 0.3 is 6.03 Å². The Morgan fingerprint density at radius 2 is 1.82 bits per heavy atom. The Morgan fingerprint density at radius 3 is 2.46 bits per heavy atom. The van der Waals surface area contributed by atoms with Crippen LogP contribution in [0.25, 0.3) is 0 Å². The Kier molecular flexibility index (Phi) is 5.53. The van der Waals surface area contributed by atoms with Gasteiger partial charge in [0.15, 0.2) is 0 Å². The van der Waals surface area contributed by atoms with E-state index in [2.05, 4.69) is 27.7 Å². The average molecular weight is 380 g/mol. The van der Waals surface area contributed by atoms with Crippen molar-refractivity contribution in [2.24, 2.45) is 0 Å². The van der Waals surface area contributed by atoms with Crippen molar-refractivity contribution in [2.75, 3.05) is 12.4 Å². The summed E-state index contributed by atoms with van der Waals surface area (Å²) in [5, 5.41) is 6.16. The lowest BCUT2D eigenvalue weighted by atomic mass is 9.96. The number of amides is 2. The van der Waals surface area contributed by atoms with Gasteiger partial charge in [0.25, 0.3) is 0 Å². The molecule has 4 rings (SSSR count). The van der Waals surface area contributed by atoms with Gasteiger partial charge in [0.2, 0.25) is 0 Å². The van der Waals surface area contributed by atoms with Crippen molar-refractivity contribution >= 4 is 11.7 Å². The number of rotatable bonds is 5. The second-order valence-electron chi connectivity index (χ2n) is 8.04. The van der Waals surface area contributed by atoms with E-state index >= 15 is 0 Å². The van der Waals surface area contributed by atoms with Crippen LogP contribution in [0.15, 0.2) is 48.5 Å². The van der Waals surface area contributed by atoms with Crippen LogP contribution in [0, 0.1) is 6.92 Å². The van der Waals surface area contributed by atoms with Gasteiger partial charge in [-0.25, -0.2) is 4.79 Å². The van der Waals surface area contributed by atoms with Crippen LogP contribution in [0.4, 0.5) is 10.5 Å². The second-order valence-corrected chi connectivity index (χ2v) is 8.04. The normalized spacial score (nSPS) is 24.0. The fourth-order valence-corrected chi connectivity index (χ4v) is 4.67. The number of fused-ring (bicyclic) bond motifs is 2. The van der Waals surface area contributed by atoms with E-state index in [0.717, 1.165) is 36.4 Å². The average Bonchev–Trinajstić information content (AvgIpc) is 2.91. The summed E-state index contributed by atoms with van der Waals surface area (Å²) >= 11 is 0. The number of piperidine rings is 1. The number of hydrogen-bond acceptors (Lipinski definition) is 3. The summed E-state index contributed by atoms with van der Waals surface area (Å²) in [6.45, 7) is 3.00. The number of carbonyl (C=O) groups is 1. The van der Waals surface area contributed by atoms with Crippen molar-refractivity contribution in [3.8, 4) is 5.75 Å². The molecule has 2 amide bonds.